The normalized spacial score (nSPS) is 18.0. The third kappa shape index (κ3) is 2.89. The average molecular weight is 320 g/mol. The molecule has 2 aromatic heterocycles. The van der Waals surface area contributed by atoms with E-state index in [2.05, 4.69) is 15.2 Å². The molecule has 5 nitrogen and oxygen atoms in total. The highest BCUT2D eigenvalue weighted by Gasteiger charge is 2.26. The highest BCUT2D eigenvalue weighted by Crippen LogP contribution is 2.23. The average Bonchev–Trinajstić information content (AvgIpc) is 3.14. The van der Waals surface area contributed by atoms with Gasteiger partial charge in [-0.05, 0) is 42.7 Å². The number of likely N-dealkylation sites (tertiary alicyclic amines) is 1. The number of H-pyrrole nitrogens is 1. The van der Waals surface area contributed by atoms with Crippen molar-refractivity contribution in [2.45, 2.75) is 19.3 Å². The van der Waals surface area contributed by atoms with Crippen molar-refractivity contribution in [3.63, 3.8) is 0 Å². The molecule has 0 spiro atoms. The van der Waals surface area contributed by atoms with Crippen molar-refractivity contribution in [2.75, 3.05) is 13.1 Å². The number of rotatable bonds is 3. The molecule has 1 N–H and O–H groups in total. The summed E-state index contributed by atoms with van der Waals surface area (Å²) in [6, 6.07) is 11.9. The smallest absolute Gasteiger partial charge is 0.273 e. The summed E-state index contributed by atoms with van der Waals surface area (Å²) >= 11 is 0. The fraction of sp³-hybridized carbons (Fsp3) is 0.316. The summed E-state index contributed by atoms with van der Waals surface area (Å²) in [5, 5.41) is 9.02. The van der Waals surface area contributed by atoms with Crippen LogP contribution < -0.4 is 0 Å². The minimum Gasteiger partial charge on any atom is -0.337 e. The molecule has 1 amide bonds. The number of pyridine rings is 1. The fourth-order valence-corrected chi connectivity index (χ4v) is 3.57. The zero-order valence-corrected chi connectivity index (χ0v) is 13.5. The lowest BCUT2D eigenvalue weighted by Crippen LogP contribution is -2.41. The zero-order chi connectivity index (χ0) is 16.4. The molecule has 1 aliphatic heterocycles. The highest BCUT2D eigenvalue weighted by molar-refractivity contribution is 6.05. The molecule has 3 heterocycles. The van der Waals surface area contributed by atoms with Gasteiger partial charge >= 0.3 is 0 Å². The number of amides is 1. The maximum absolute atomic E-state index is 13.0. The number of carbonyl (C=O) groups excluding carboxylic acids is 1. The van der Waals surface area contributed by atoms with Crippen LogP contribution in [0.5, 0.6) is 0 Å². The van der Waals surface area contributed by atoms with E-state index >= 15 is 0 Å². The first kappa shape index (κ1) is 14.9. The van der Waals surface area contributed by atoms with Gasteiger partial charge in [0.05, 0.1) is 0 Å². The lowest BCUT2D eigenvalue weighted by molar-refractivity contribution is 0.0669. The van der Waals surface area contributed by atoms with E-state index in [0.717, 1.165) is 48.8 Å². The molecular formula is C19H20N4O. The first-order chi connectivity index (χ1) is 11.8. The van der Waals surface area contributed by atoms with Crippen LogP contribution in [-0.2, 0) is 6.42 Å². The lowest BCUT2D eigenvalue weighted by atomic mass is 9.93. The van der Waals surface area contributed by atoms with Gasteiger partial charge in [0.1, 0.15) is 5.69 Å². The summed E-state index contributed by atoms with van der Waals surface area (Å²) in [4.78, 5) is 19.3. The van der Waals surface area contributed by atoms with Gasteiger partial charge in [0.25, 0.3) is 5.91 Å². The van der Waals surface area contributed by atoms with Gasteiger partial charge in [0.2, 0.25) is 0 Å². The number of hydrogen-bond donors (Lipinski definition) is 1. The third-order valence-corrected chi connectivity index (χ3v) is 4.75. The van der Waals surface area contributed by atoms with E-state index in [1.54, 1.807) is 12.4 Å². The van der Waals surface area contributed by atoms with Gasteiger partial charge in [-0.25, -0.2) is 0 Å². The molecule has 0 saturated carbocycles. The van der Waals surface area contributed by atoms with Crippen molar-refractivity contribution in [1.82, 2.24) is 20.1 Å². The number of aromatic nitrogens is 3. The van der Waals surface area contributed by atoms with Crippen LogP contribution >= 0.6 is 0 Å². The molecule has 24 heavy (non-hydrogen) atoms. The van der Waals surface area contributed by atoms with Crippen LogP contribution in [0, 0.1) is 5.92 Å². The molecule has 1 atom stereocenters. The molecule has 3 aromatic rings. The van der Waals surface area contributed by atoms with E-state index in [-0.39, 0.29) is 5.91 Å². The van der Waals surface area contributed by atoms with Crippen LogP contribution in [0.4, 0.5) is 0 Å². The predicted octanol–water partition coefficient (Wildman–Crippen LogP) is 3.05. The maximum atomic E-state index is 13.0. The Morgan fingerprint density at radius 3 is 3.00 bits per heavy atom. The predicted molar refractivity (Wildman–Crippen MR) is 92.7 cm³/mol. The molecule has 0 radical (unpaired) electrons. The van der Waals surface area contributed by atoms with Crippen LogP contribution in [0.3, 0.4) is 0 Å². The minimum atomic E-state index is 0.0427. The summed E-state index contributed by atoms with van der Waals surface area (Å²) < 4.78 is 0. The van der Waals surface area contributed by atoms with Gasteiger partial charge in [0, 0.05) is 36.6 Å². The number of piperidine rings is 1. The third-order valence-electron chi connectivity index (χ3n) is 4.75. The van der Waals surface area contributed by atoms with Crippen molar-refractivity contribution in [3.8, 4) is 0 Å². The van der Waals surface area contributed by atoms with Crippen LogP contribution in [0.2, 0.25) is 0 Å². The van der Waals surface area contributed by atoms with Crippen LogP contribution in [0.15, 0.2) is 48.8 Å². The first-order valence-electron chi connectivity index (χ1n) is 8.42. The van der Waals surface area contributed by atoms with E-state index in [1.807, 2.05) is 41.3 Å². The number of aromatic amines is 1. The van der Waals surface area contributed by atoms with Gasteiger partial charge in [-0.3, -0.25) is 14.9 Å². The second-order valence-corrected chi connectivity index (χ2v) is 6.43. The molecular weight excluding hydrogens is 300 g/mol. The maximum Gasteiger partial charge on any atom is 0.273 e. The Labute approximate surface area is 140 Å². The van der Waals surface area contributed by atoms with Gasteiger partial charge in [-0.15, -0.1) is 0 Å². The summed E-state index contributed by atoms with van der Waals surface area (Å²) in [5.74, 6) is 0.513. The Morgan fingerprint density at radius 1 is 1.21 bits per heavy atom. The summed E-state index contributed by atoms with van der Waals surface area (Å²) in [7, 11) is 0. The van der Waals surface area contributed by atoms with E-state index in [9.17, 15) is 4.79 Å². The number of hydrogen-bond acceptors (Lipinski definition) is 3. The van der Waals surface area contributed by atoms with Gasteiger partial charge < -0.3 is 4.90 Å². The molecule has 0 aliphatic carbocycles. The SMILES string of the molecule is O=C(c1nccc2ccccc12)N1CCC[C@@H](Cc2ccn[nH]2)C1. The number of nitrogens with one attached hydrogen (secondary N) is 1. The Morgan fingerprint density at radius 2 is 2.12 bits per heavy atom. The zero-order valence-electron chi connectivity index (χ0n) is 13.5. The van der Waals surface area contributed by atoms with Crippen molar-refractivity contribution in [2.24, 2.45) is 5.92 Å². The molecule has 5 heteroatoms. The molecule has 1 saturated heterocycles. The van der Waals surface area contributed by atoms with Crippen molar-refractivity contribution in [1.29, 1.82) is 0 Å². The summed E-state index contributed by atoms with van der Waals surface area (Å²) in [6.45, 7) is 1.59. The van der Waals surface area contributed by atoms with Crippen molar-refractivity contribution < 1.29 is 4.79 Å². The fourth-order valence-electron chi connectivity index (χ4n) is 3.57. The molecule has 0 unspecified atom stereocenters. The molecule has 1 fully saturated rings. The minimum absolute atomic E-state index is 0.0427. The molecule has 4 rings (SSSR count). The molecule has 1 aliphatic rings. The molecule has 122 valence electrons. The Kier molecular flexibility index (Phi) is 3.99. The van der Waals surface area contributed by atoms with Crippen LogP contribution in [0.25, 0.3) is 10.8 Å². The van der Waals surface area contributed by atoms with E-state index < -0.39 is 0 Å². The van der Waals surface area contributed by atoms with E-state index in [4.69, 9.17) is 0 Å². The lowest BCUT2D eigenvalue weighted by Gasteiger charge is -2.32. The quantitative estimate of drug-likeness (QED) is 0.807. The highest BCUT2D eigenvalue weighted by atomic mass is 16.2. The van der Waals surface area contributed by atoms with Gasteiger partial charge in [-0.1, -0.05) is 24.3 Å². The van der Waals surface area contributed by atoms with Gasteiger partial charge in [0.15, 0.2) is 0 Å². The second kappa shape index (κ2) is 6.43. The number of carbonyl (C=O) groups is 1. The molecule has 0 bridgehead atoms. The first-order valence-corrected chi connectivity index (χ1v) is 8.42. The van der Waals surface area contributed by atoms with Crippen molar-refractivity contribution >= 4 is 16.7 Å². The van der Waals surface area contributed by atoms with E-state index in [1.165, 1.54) is 0 Å². The molecule has 1 aromatic carbocycles. The number of fused-ring (bicyclic) bond motifs is 1. The monoisotopic (exact) mass is 320 g/mol. The number of benzene rings is 1. The van der Waals surface area contributed by atoms with Crippen molar-refractivity contribution in [3.05, 3.63) is 60.2 Å². The standard InChI is InChI=1S/C19H20N4O/c24-19(18-17-6-2-1-5-15(17)7-9-20-18)23-11-3-4-14(13-23)12-16-8-10-21-22-16/h1-2,5-10,14H,3-4,11-13H2,(H,21,22)/t14-/m0/s1. The number of nitrogens with zero attached hydrogens (tertiary/aromatic N) is 3. The summed E-state index contributed by atoms with van der Waals surface area (Å²) in [5.41, 5.74) is 1.70. The Bertz CT molecular complexity index is 838. The Balaban J connectivity index is 1.55. The van der Waals surface area contributed by atoms with Crippen LogP contribution in [0.1, 0.15) is 29.0 Å². The van der Waals surface area contributed by atoms with E-state index in [0.29, 0.717) is 11.6 Å². The summed E-state index contributed by atoms with van der Waals surface area (Å²) in [6.07, 6.45) is 6.62. The topological polar surface area (TPSA) is 61.9 Å². The van der Waals surface area contributed by atoms with Gasteiger partial charge in [-0.2, -0.15) is 5.10 Å². The Hall–Kier alpha value is -2.69. The van der Waals surface area contributed by atoms with Crippen LogP contribution in [-0.4, -0.2) is 39.1 Å². The second-order valence-electron chi connectivity index (χ2n) is 6.43. The largest absolute Gasteiger partial charge is 0.337 e.